The zero-order valence-electron chi connectivity index (χ0n) is 14.3. The summed E-state index contributed by atoms with van der Waals surface area (Å²) in [7, 11) is 0. The number of nitrogens with zero attached hydrogens (tertiary/aromatic N) is 1. The van der Waals surface area contributed by atoms with Gasteiger partial charge in [0, 0.05) is 23.7 Å². The molecule has 0 amide bonds. The van der Waals surface area contributed by atoms with Gasteiger partial charge >= 0.3 is 5.97 Å². The van der Waals surface area contributed by atoms with Crippen LogP contribution in [0.1, 0.15) is 61.1 Å². The molecule has 1 aromatic heterocycles. The summed E-state index contributed by atoms with van der Waals surface area (Å²) in [5.41, 5.74) is 5.32. The third-order valence-electron chi connectivity index (χ3n) is 4.73. The number of hydrogen-bond acceptors (Lipinski definition) is 4. The third-order valence-corrected chi connectivity index (χ3v) is 4.73. The minimum atomic E-state index is -0.151. The molecule has 1 unspecified atom stereocenters. The number of fused-ring (bicyclic) bond motifs is 2. The summed E-state index contributed by atoms with van der Waals surface area (Å²) in [4.78, 5) is 16.0. The Morgan fingerprint density at radius 3 is 3.00 bits per heavy atom. The molecule has 128 valence electrons. The average Bonchev–Trinajstić information content (AvgIpc) is 3.01. The lowest BCUT2D eigenvalue weighted by Crippen LogP contribution is -2.00. The van der Waals surface area contributed by atoms with Crippen LogP contribution in [0.15, 0.2) is 42.6 Å². The molecule has 4 nitrogen and oxygen atoms in total. The van der Waals surface area contributed by atoms with Crippen molar-refractivity contribution in [2.75, 3.05) is 0 Å². The molecule has 0 spiro atoms. The Hall–Kier alpha value is -2.62. The molecule has 4 heteroatoms. The number of hydrogen-bond donors (Lipinski definition) is 0. The predicted molar refractivity (Wildman–Crippen MR) is 95.1 cm³/mol. The summed E-state index contributed by atoms with van der Waals surface area (Å²) in [5, 5.41) is 0. The molecule has 2 aliphatic heterocycles. The zero-order chi connectivity index (χ0) is 17.2. The van der Waals surface area contributed by atoms with Crippen LogP contribution >= 0.6 is 0 Å². The number of benzene rings is 1. The number of unbranched alkanes of at least 4 members (excludes halogenated alkanes) is 1. The van der Waals surface area contributed by atoms with Crippen LogP contribution in [0.25, 0.3) is 5.57 Å². The summed E-state index contributed by atoms with van der Waals surface area (Å²) in [6, 6.07) is 10.2. The van der Waals surface area contributed by atoms with Crippen molar-refractivity contribution < 1.29 is 14.3 Å². The minimum absolute atomic E-state index is 0.118. The highest BCUT2D eigenvalue weighted by Gasteiger charge is 2.27. The Bertz CT molecular complexity index is 841. The van der Waals surface area contributed by atoms with Crippen molar-refractivity contribution in [3.05, 3.63) is 65.0 Å². The van der Waals surface area contributed by atoms with Crippen LogP contribution in [0.2, 0.25) is 0 Å². The first kappa shape index (κ1) is 15.9. The summed E-state index contributed by atoms with van der Waals surface area (Å²) in [6.07, 6.45) is 7.22. The normalized spacial score (nSPS) is 20.4. The van der Waals surface area contributed by atoms with Crippen LogP contribution < -0.4 is 4.74 Å². The van der Waals surface area contributed by atoms with E-state index in [9.17, 15) is 4.79 Å². The van der Waals surface area contributed by atoms with Crippen LogP contribution in [0, 0.1) is 0 Å². The summed E-state index contributed by atoms with van der Waals surface area (Å²) >= 11 is 0. The Kier molecular flexibility index (Phi) is 4.26. The molecular weight excluding hydrogens is 314 g/mol. The first-order valence-corrected chi connectivity index (χ1v) is 8.87. The Labute approximate surface area is 147 Å². The number of carbonyl (C=O) groups excluding carboxylic acids is 1. The lowest BCUT2D eigenvalue weighted by atomic mass is 9.93. The third kappa shape index (κ3) is 3.04. The van der Waals surface area contributed by atoms with Gasteiger partial charge in [-0.25, -0.2) is 0 Å². The number of carbonyl (C=O) groups is 1. The molecule has 2 aliphatic rings. The highest BCUT2D eigenvalue weighted by molar-refractivity contribution is 5.84. The van der Waals surface area contributed by atoms with Crippen molar-refractivity contribution in [1.82, 2.24) is 4.98 Å². The quantitative estimate of drug-likeness (QED) is 0.770. The molecule has 25 heavy (non-hydrogen) atoms. The average molecular weight is 335 g/mol. The lowest BCUT2D eigenvalue weighted by molar-refractivity contribution is -0.141. The van der Waals surface area contributed by atoms with E-state index in [1.807, 2.05) is 18.2 Å². The minimum Gasteiger partial charge on any atom is -0.487 e. The van der Waals surface area contributed by atoms with Gasteiger partial charge in [0.1, 0.15) is 18.5 Å². The predicted octanol–water partition coefficient (Wildman–Crippen LogP) is 4.58. The van der Waals surface area contributed by atoms with Crippen molar-refractivity contribution in [2.24, 2.45) is 0 Å². The van der Waals surface area contributed by atoms with Crippen LogP contribution in [0.5, 0.6) is 5.75 Å². The fourth-order valence-corrected chi connectivity index (χ4v) is 3.44. The maximum absolute atomic E-state index is 11.5. The van der Waals surface area contributed by atoms with Gasteiger partial charge in [-0.15, -0.1) is 0 Å². The number of ether oxygens (including phenoxy) is 2. The Morgan fingerprint density at radius 2 is 2.20 bits per heavy atom. The van der Waals surface area contributed by atoms with Gasteiger partial charge in [-0.3, -0.25) is 9.78 Å². The van der Waals surface area contributed by atoms with Gasteiger partial charge in [-0.05, 0) is 42.2 Å². The van der Waals surface area contributed by atoms with Gasteiger partial charge in [0.05, 0.1) is 5.69 Å². The smallest absolute Gasteiger partial charge is 0.306 e. The van der Waals surface area contributed by atoms with Crippen LogP contribution in [-0.2, 0) is 16.1 Å². The number of rotatable bonds is 3. The van der Waals surface area contributed by atoms with Gasteiger partial charge in [0.15, 0.2) is 0 Å². The van der Waals surface area contributed by atoms with E-state index in [4.69, 9.17) is 9.47 Å². The highest BCUT2D eigenvalue weighted by Crippen LogP contribution is 2.39. The highest BCUT2D eigenvalue weighted by atomic mass is 16.5. The molecule has 1 aromatic carbocycles. The van der Waals surface area contributed by atoms with Crippen LogP contribution in [0.3, 0.4) is 0 Å². The zero-order valence-corrected chi connectivity index (χ0v) is 14.3. The molecule has 0 saturated carbocycles. The second-order valence-electron chi connectivity index (χ2n) is 6.47. The fraction of sp³-hybridized carbons (Fsp3) is 0.333. The number of aromatic nitrogens is 1. The first-order chi connectivity index (χ1) is 12.3. The molecular formula is C21H21NO3. The van der Waals surface area contributed by atoms with Crippen LogP contribution in [-0.4, -0.2) is 11.0 Å². The molecule has 1 saturated heterocycles. The molecule has 0 aliphatic carbocycles. The molecule has 1 atom stereocenters. The van der Waals surface area contributed by atoms with Gasteiger partial charge in [0.2, 0.25) is 0 Å². The van der Waals surface area contributed by atoms with Gasteiger partial charge in [0.25, 0.3) is 0 Å². The van der Waals surface area contributed by atoms with Crippen molar-refractivity contribution in [3.63, 3.8) is 0 Å². The van der Waals surface area contributed by atoms with Crippen molar-refractivity contribution in [2.45, 2.75) is 45.3 Å². The first-order valence-electron chi connectivity index (χ1n) is 8.87. The molecule has 0 radical (unpaired) electrons. The number of pyridine rings is 1. The number of esters is 1. The van der Waals surface area contributed by atoms with Crippen molar-refractivity contribution in [1.29, 1.82) is 0 Å². The fourth-order valence-electron chi connectivity index (χ4n) is 3.44. The van der Waals surface area contributed by atoms with Gasteiger partial charge in [-0.2, -0.15) is 0 Å². The van der Waals surface area contributed by atoms with E-state index in [0.29, 0.717) is 13.0 Å². The lowest BCUT2D eigenvalue weighted by Gasteiger charge is -2.15. The van der Waals surface area contributed by atoms with E-state index >= 15 is 0 Å². The summed E-state index contributed by atoms with van der Waals surface area (Å²) in [5.74, 6) is 0.737. The molecule has 0 bridgehead atoms. The topological polar surface area (TPSA) is 48.4 Å². The van der Waals surface area contributed by atoms with E-state index in [1.54, 1.807) is 6.20 Å². The second-order valence-corrected chi connectivity index (χ2v) is 6.47. The molecule has 1 fully saturated rings. The molecule has 0 N–H and O–H groups in total. The summed E-state index contributed by atoms with van der Waals surface area (Å²) < 4.78 is 11.5. The second kappa shape index (κ2) is 6.71. The number of allylic oxidation sites excluding steroid dienone is 1. The molecule has 2 aromatic rings. The van der Waals surface area contributed by atoms with Gasteiger partial charge < -0.3 is 9.47 Å². The van der Waals surface area contributed by atoms with E-state index in [2.05, 4.69) is 30.1 Å². The van der Waals surface area contributed by atoms with E-state index < -0.39 is 0 Å². The monoisotopic (exact) mass is 335 g/mol. The maximum Gasteiger partial charge on any atom is 0.306 e. The van der Waals surface area contributed by atoms with E-state index in [0.717, 1.165) is 53.0 Å². The standard InChI is InChI=1S/C21H21NO3/c1-2-3-5-15-16-6-4-11-22-18(16)13-24-20-8-7-14(12-17(15)20)19-9-10-21(23)25-19/h4-8,11-12,19H,2-3,9-10,13H2,1H3/b15-5+. The number of cyclic esters (lactones) is 1. The van der Waals surface area contributed by atoms with E-state index in [-0.39, 0.29) is 12.1 Å². The largest absolute Gasteiger partial charge is 0.487 e. The van der Waals surface area contributed by atoms with E-state index in [1.165, 1.54) is 0 Å². The Balaban J connectivity index is 1.82. The Morgan fingerprint density at radius 1 is 1.28 bits per heavy atom. The van der Waals surface area contributed by atoms with Crippen LogP contribution in [0.4, 0.5) is 0 Å². The van der Waals surface area contributed by atoms with Crippen molar-refractivity contribution >= 4 is 11.5 Å². The SMILES string of the molecule is CCC/C=C1/c2cc(C3CCC(=O)O3)ccc2OCc2ncccc21. The summed E-state index contributed by atoms with van der Waals surface area (Å²) in [6.45, 7) is 2.63. The maximum atomic E-state index is 11.5. The van der Waals surface area contributed by atoms with Crippen molar-refractivity contribution in [3.8, 4) is 5.75 Å². The van der Waals surface area contributed by atoms with Gasteiger partial charge in [-0.1, -0.05) is 31.6 Å². The molecule has 4 rings (SSSR count). The molecule has 3 heterocycles.